The highest BCUT2D eigenvalue weighted by Crippen LogP contribution is 2.29. The van der Waals surface area contributed by atoms with E-state index in [1.165, 1.54) is 33.5 Å². The molecule has 0 bridgehead atoms. The lowest BCUT2D eigenvalue weighted by atomic mass is 9.98. The van der Waals surface area contributed by atoms with E-state index < -0.39 is 12.2 Å². The van der Waals surface area contributed by atoms with Crippen LogP contribution in [-0.2, 0) is 35.0 Å². The standard InChI is InChI=1S/C36H43N7O4.C6H6.C5H10O.C4H7NO3.C2H6/c1-37-21-32(39-20-31-24-47-17-16-43(31)2)26-9-7-25(8-10-26)27-11-12-29-19-30(14-13-28(29)18-27)33-22-40-34(42-33)6-4-5-15-38-35(44)23-41-36(45)46-3;2*1-2-4-6-5-3-1;1-8-4(7)5-2-3-6;1-2/h7-14,18-19,21-22,31,39H,1,4-6,15-17,20,23-24H2,2-3H3,(H,38,44)(H,40,42)(H,41,45);1-6H;1-5H2;3H,2H2,1H3,(H,5,7);1-2H3/b32-21-;;;;. The number of hydrogen-bond acceptors (Lipinski definition) is 12. The molecule has 16 nitrogen and oxygen atoms in total. The van der Waals surface area contributed by atoms with Crippen molar-refractivity contribution in [3.8, 4) is 22.4 Å². The second-order valence-electron chi connectivity index (χ2n) is 15.4. The number of aliphatic imine (C=N–C) groups is 1. The Hall–Kier alpha value is -6.88. The molecule has 2 fully saturated rings. The number of hydrogen-bond donors (Lipinski definition) is 5. The highest BCUT2D eigenvalue weighted by Gasteiger charge is 2.19. The normalized spacial score (nSPS) is 14.2. The van der Waals surface area contributed by atoms with Crippen LogP contribution in [0.1, 0.15) is 57.3 Å². The Bertz CT molecular complexity index is 2230. The van der Waals surface area contributed by atoms with Crippen LogP contribution in [0.3, 0.4) is 0 Å². The third-order valence-corrected chi connectivity index (χ3v) is 10.6. The fourth-order valence-corrected chi connectivity index (χ4v) is 6.77. The molecule has 0 aliphatic carbocycles. The lowest BCUT2D eigenvalue weighted by Crippen LogP contribution is -2.47. The number of benzene rings is 4. The number of aldehydes is 1. The Morgan fingerprint density at radius 3 is 2.00 bits per heavy atom. The number of aromatic amines is 1. The monoisotopic (exact) mass is 949 g/mol. The van der Waals surface area contributed by atoms with Crippen molar-refractivity contribution in [1.82, 2.24) is 36.1 Å². The Kier molecular flexibility index (Phi) is 28.2. The maximum absolute atomic E-state index is 11.8. The average Bonchev–Trinajstić information content (AvgIpc) is 3.89. The van der Waals surface area contributed by atoms with Gasteiger partial charge in [-0.25, -0.2) is 14.6 Å². The van der Waals surface area contributed by atoms with Gasteiger partial charge in [-0.05, 0) is 85.5 Å². The van der Waals surface area contributed by atoms with Gasteiger partial charge >= 0.3 is 12.2 Å². The largest absolute Gasteiger partial charge is 0.453 e. The second-order valence-corrected chi connectivity index (χ2v) is 15.4. The number of carbonyl (C=O) groups is 4. The summed E-state index contributed by atoms with van der Waals surface area (Å²) in [7, 11) is 4.62. The number of imidazole rings is 1. The minimum atomic E-state index is -0.626. The topological polar surface area (TPSA) is 198 Å². The molecule has 2 saturated heterocycles. The number of rotatable bonds is 16. The average molecular weight is 949 g/mol. The van der Waals surface area contributed by atoms with Gasteiger partial charge in [-0.2, -0.15) is 0 Å². The number of alkyl carbamates (subject to hydrolysis) is 2. The lowest BCUT2D eigenvalue weighted by Gasteiger charge is -2.32. The van der Waals surface area contributed by atoms with E-state index in [0.29, 0.717) is 25.5 Å². The van der Waals surface area contributed by atoms with Crippen LogP contribution in [0.2, 0.25) is 0 Å². The zero-order chi connectivity index (χ0) is 49.9. The zero-order valence-corrected chi connectivity index (χ0v) is 41.0. The van der Waals surface area contributed by atoms with Crippen LogP contribution in [0.4, 0.5) is 9.59 Å². The van der Waals surface area contributed by atoms with Crippen molar-refractivity contribution in [3.05, 3.63) is 121 Å². The number of unbranched alkanes of at least 4 members (excludes halogenated alkanes) is 1. The number of methoxy groups -OCH3 is 2. The van der Waals surface area contributed by atoms with Crippen molar-refractivity contribution in [3.63, 3.8) is 0 Å². The van der Waals surface area contributed by atoms with Crippen molar-refractivity contribution in [2.45, 2.75) is 58.4 Å². The summed E-state index contributed by atoms with van der Waals surface area (Å²) in [6.07, 6.45) is 9.38. The first kappa shape index (κ1) is 56.4. The third-order valence-electron chi connectivity index (χ3n) is 10.6. The van der Waals surface area contributed by atoms with Crippen molar-refractivity contribution >= 4 is 47.6 Å². The van der Waals surface area contributed by atoms with Crippen LogP contribution in [0.15, 0.2) is 114 Å². The highest BCUT2D eigenvalue weighted by atomic mass is 16.5. The molecular formula is C53H72N8O8. The number of nitrogens with one attached hydrogen (secondary N) is 5. The second kappa shape index (κ2) is 34.4. The number of amides is 3. The van der Waals surface area contributed by atoms with Gasteiger partial charge in [0.2, 0.25) is 5.91 Å². The molecule has 3 heterocycles. The zero-order valence-electron chi connectivity index (χ0n) is 41.0. The van der Waals surface area contributed by atoms with E-state index in [0.717, 1.165) is 102 Å². The van der Waals surface area contributed by atoms with Gasteiger partial charge in [0.1, 0.15) is 12.1 Å². The van der Waals surface area contributed by atoms with Crippen molar-refractivity contribution in [2.75, 3.05) is 80.4 Å². The number of fused-ring (bicyclic) bond motifs is 1. The van der Waals surface area contributed by atoms with E-state index in [9.17, 15) is 19.2 Å². The number of carbonyl (C=O) groups excluding carboxylic acids is 4. The molecule has 0 saturated carbocycles. The molecule has 2 aliphatic rings. The maximum Gasteiger partial charge on any atom is 0.407 e. The number of aromatic nitrogens is 2. The van der Waals surface area contributed by atoms with Gasteiger partial charge < -0.3 is 50.0 Å². The van der Waals surface area contributed by atoms with Crippen molar-refractivity contribution in [2.24, 2.45) is 4.99 Å². The van der Waals surface area contributed by atoms with E-state index in [1.807, 2.05) is 56.4 Å². The van der Waals surface area contributed by atoms with Crippen LogP contribution < -0.4 is 21.3 Å². The summed E-state index contributed by atoms with van der Waals surface area (Å²) in [6.45, 7) is 13.3. The van der Waals surface area contributed by atoms with Crippen LogP contribution in [0.25, 0.3) is 38.9 Å². The third kappa shape index (κ3) is 22.2. The molecule has 0 spiro atoms. The first-order valence-corrected chi connectivity index (χ1v) is 23.5. The van der Waals surface area contributed by atoms with E-state index in [1.54, 1.807) is 6.20 Å². The molecular weight excluding hydrogens is 877 g/mol. The van der Waals surface area contributed by atoms with Crippen molar-refractivity contribution < 1.29 is 38.1 Å². The van der Waals surface area contributed by atoms with Gasteiger partial charge in [0.25, 0.3) is 0 Å². The summed E-state index contributed by atoms with van der Waals surface area (Å²) in [5, 5.41) is 13.1. The maximum atomic E-state index is 11.8. The van der Waals surface area contributed by atoms with E-state index in [2.05, 4.69) is 125 Å². The molecule has 1 aromatic heterocycles. The first-order valence-electron chi connectivity index (χ1n) is 23.5. The molecule has 372 valence electrons. The smallest absolute Gasteiger partial charge is 0.407 e. The minimum Gasteiger partial charge on any atom is -0.453 e. The SMILES string of the molecule is C1CCOCC1.C=N/C=C(\NCC1COCCN1C)c1ccc(-c2ccc3cc(-c4cnc(CCCCNC(=O)CNC(=O)OC)[nH]4)ccc3c2)cc1.CC.COC(=O)NCC=O.c1ccccc1. The number of H-pyrrole nitrogens is 1. The molecule has 4 aromatic carbocycles. The van der Waals surface area contributed by atoms with Crippen LogP contribution >= 0.6 is 0 Å². The predicted molar refractivity (Wildman–Crippen MR) is 275 cm³/mol. The molecule has 7 rings (SSSR count). The van der Waals surface area contributed by atoms with Crippen LogP contribution in [0.5, 0.6) is 0 Å². The predicted octanol–water partition coefficient (Wildman–Crippen LogP) is 8.05. The number of nitrogens with zero attached hydrogens (tertiary/aromatic N) is 3. The van der Waals surface area contributed by atoms with Gasteiger partial charge in [0, 0.05) is 51.0 Å². The molecule has 69 heavy (non-hydrogen) atoms. The Labute approximate surface area is 407 Å². The Morgan fingerprint density at radius 1 is 0.797 bits per heavy atom. The van der Waals surface area contributed by atoms with E-state index in [-0.39, 0.29) is 19.0 Å². The van der Waals surface area contributed by atoms with Gasteiger partial charge in [0.15, 0.2) is 0 Å². The van der Waals surface area contributed by atoms with Gasteiger partial charge in [-0.3, -0.25) is 14.7 Å². The molecule has 1 unspecified atom stereocenters. The fourth-order valence-electron chi connectivity index (χ4n) is 6.77. The fraction of sp³-hybridized carbons (Fsp3) is 0.396. The summed E-state index contributed by atoms with van der Waals surface area (Å²) in [5.41, 5.74) is 6.33. The molecule has 0 radical (unpaired) electrons. The van der Waals surface area contributed by atoms with Gasteiger partial charge in [-0.1, -0.05) is 98.8 Å². The molecule has 16 heteroatoms. The molecule has 3 amide bonds. The minimum absolute atomic E-state index is 0.00662. The summed E-state index contributed by atoms with van der Waals surface area (Å²) in [6, 6.07) is 33.8. The summed E-state index contributed by atoms with van der Waals surface area (Å²) >= 11 is 0. The van der Waals surface area contributed by atoms with E-state index in [4.69, 9.17) is 9.47 Å². The highest BCUT2D eigenvalue weighted by molar-refractivity contribution is 5.90. The number of likely N-dealkylation sites (N-methyl/N-ethyl adjacent to an activating group) is 1. The number of ether oxygens (including phenoxy) is 4. The number of aryl methyl sites for hydroxylation is 1. The van der Waals surface area contributed by atoms with E-state index >= 15 is 0 Å². The quantitative estimate of drug-likeness (QED) is 0.0365. The summed E-state index contributed by atoms with van der Waals surface area (Å²) in [5.74, 6) is 0.660. The van der Waals surface area contributed by atoms with Crippen molar-refractivity contribution in [1.29, 1.82) is 0 Å². The van der Waals surface area contributed by atoms with Gasteiger partial charge in [-0.15, -0.1) is 0 Å². The Morgan fingerprint density at radius 2 is 1.42 bits per heavy atom. The molecule has 5 aromatic rings. The van der Waals surface area contributed by atoms with Gasteiger partial charge in [0.05, 0.1) is 64.2 Å². The summed E-state index contributed by atoms with van der Waals surface area (Å²) < 4.78 is 19.3. The lowest BCUT2D eigenvalue weighted by molar-refractivity contribution is -0.120. The number of morpholine rings is 1. The molecule has 1 atom stereocenters. The summed E-state index contributed by atoms with van der Waals surface area (Å²) in [4.78, 5) is 56.8. The Balaban J connectivity index is 0.000000468. The van der Waals surface area contributed by atoms with Crippen LogP contribution in [-0.4, -0.2) is 132 Å². The van der Waals surface area contributed by atoms with Crippen LogP contribution in [0, 0.1) is 0 Å². The molecule has 2 aliphatic heterocycles. The molecule has 5 N–H and O–H groups in total. The first-order chi connectivity index (χ1) is 33.7.